The standard InChI is InChI=1S/C23H15ClFN5O2S/c1-13-21(32-22(26-13)15-3-2-4-16(24)11-15)18-9-10-20(31)30(29-18)12-19-27-28-23(33-19)14-5-7-17(25)8-6-14/h2-11H,12H2,1H3. The minimum absolute atomic E-state index is 0.139. The molecule has 2 aromatic carbocycles. The van der Waals surface area contributed by atoms with Crippen molar-refractivity contribution >= 4 is 22.9 Å². The second-order valence-corrected chi connectivity index (χ2v) is 8.66. The lowest BCUT2D eigenvalue weighted by molar-refractivity contribution is 0.573. The van der Waals surface area contributed by atoms with E-state index in [4.69, 9.17) is 16.0 Å². The highest BCUT2D eigenvalue weighted by Crippen LogP contribution is 2.29. The van der Waals surface area contributed by atoms with Gasteiger partial charge < -0.3 is 4.42 Å². The van der Waals surface area contributed by atoms with E-state index < -0.39 is 0 Å². The number of oxazole rings is 1. The van der Waals surface area contributed by atoms with Crippen LogP contribution in [0, 0.1) is 12.7 Å². The second-order valence-electron chi connectivity index (χ2n) is 7.17. The maximum atomic E-state index is 13.2. The van der Waals surface area contributed by atoms with Crippen LogP contribution in [-0.2, 0) is 6.54 Å². The van der Waals surface area contributed by atoms with Gasteiger partial charge in [-0.25, -0.2) is 14.1 Å². The molecule has 0 fully saturated rings. The molecule has 5 aromatic rings. The smallest absolute Gasteiger partial charge is 0.267 e. The molecule has 0 aliphatic heterocycles. The van der Waals surface area contributed by atoms with Crippen LogP contribution in [0.3, 0.4) is 0 Å². The molecular formula is C23H15ClFN5O2S. The number of hydrogen-bond acceptors (Lipinski definition) is 7. The van der Waals surface area contributed by atoms with E-state index in [0.717, 1.165) is 11.1 Å². The summed E-state index contributed by atoms with van der Waals surface area (Å²) in [4.78, 5) is 16.9. The van der Waals surface area contributed by atoms with Gasteiger partial charge >= 0.3 is 0 Å². The molecule has 0 aliphatic rings. The molecule has 7 nitrogen and oxygen atoms in total. The second kappa shape index (κ2) is 8.68. The first-order valence-corrected chi connectivity index (χ1v) is 11.1. The van der Waals surface area contributed by atoms with Crippen molar-refractivity contribution in [3.8, 4) is 33.5 Å². The monoisotopic (exact) mass is 479 g/mol. The van der Waals surface area contributed by atoms with E-state index in [9.17, 15) is 9.18 Å². The van der Waals surface area contributed by atoms with Gasteiger partial charge in [-0.1, -0.05) is 29.0 Å². The maximum absolute atomic E-state index is 13.2. The van der Waals surface area contributed by atoms with Gasteiger partial charge in [0, 0.05) is 22.2 Å². The summed E-state index contributed by atoms with van der Waals surface area (Å²) in [6.07, 6.45) is 0. The Labute approximate surface area is 196 Å². The Morgan fingerprint density at radius 3 is 2.67 bits per heavy atom. The van der Waals surface area contributed by atoms with Crippen LogP contribution in [0.25, 0.3) is 33.5 Å². The normalized spacial score (nSPS) is 11.1. The highest BCUT2D eigenvalue weighted by atomic mass is 35.5. The predicted molar refractivity (Wildman–Crippen MR) is 124 cm³/mol. The van der Waals surface area contributed by atoms with Crippen LogP contribution < -0.4 is 5.56 Å². The lowest BCUT2D eigenvalue weighted by atomic mass is 10.2. The van der Waals surface area contributed by atoms with E-state index >= 15 is 0 Å². The van der Waals surface area contributed by atoms with Gasteiger partial charge in [-0.15, -0.1) is 10.2 Å². The summed E-state index contributed by atoms with van der Waals surface area (Å²) < 4.78 is 20.4. The number of halogens is 2. The number of nitrogens with zero attached hydrogens (tertiary/aromatic N) is 5. The molecule has 10 heteroatoms. The largest absolute Gasteiger partial charge is 0.434 e. The summed E-state index contributed by atoms with van der Waals surface area (Å²) >= 11 is 7.38. The van der Waals surface area contributed by atoms with Gasteiger partial charge in [0.1, 0.15) is 21.5 Å². The molecule has 0 saturated heterocycles. The average Bonchev–Trinajstić information content (AvgIpc) is 3.43. The molecule has 0 N–H and O–H groups in total. The summed E-state index contributed by atoms with van der Waals surface area (Å²) in [5.41, 5.74) is 2.31. The first-order chi connectivity index (χ1) is 16.0. The van der Waals surface area contributed by atoms with Crippen LogP contribution in [0.2, 0.25) is 5.02 Å². The number of aromatic nitrogens is 5. The molecule has 0 bridgehead atoms. The molecule has 0 unspecified atom stereocenters. The third-order valence-electron chi connectivity index (χ3n) is 4.81. The Balaban J connectivity index is 1.44. The van der Waals surface area contributed by atoms with Crippen molar-refractivity contribution in [3.05, 3.63) is 92.6 Å². The van der Waals surface area contributed by atoms with Crippen LogP contribution in [-0.4, -0.2) is 25.0 Å². The van der Waals surface area contributed by atoms with Crippen LogP contribution >= 0.6 is 22.9 Å². The highest BCUT2D eigenvalue weighted by molar-refractivity contribution is 7.14. The number of hydrogen-bond donors (Lipinski definition) is 0. The lowest BCUT2D eigenvalue weighted by Crippen LogP contribution is -2.22. The van der Waals surface area contributed by atoms with Gasteiger partial charge in [-0.05, 0) is 55.5 Å². The molecule has 33 heavy (non-hydrogen) atoms. The van der Waals surface area contributed by atoms with Crippen molar-refractivity contribution in [1.82, 2.24) is 25.0 Å². The molecule has 0 saturated carbocycles. The van der Waals surface area contributed by atoms with Gasteiger partial charge in [0.2, 0.25) is 5.89 Å². The van der Waals surface area contributed by atoms with Crippen molar-refractivity contribution < 1.29 is 8.81 Å². The SMILES string of the molecule is Cc1nc(-c2cccc(Cl)c2)oc1-c1ccc(=O)n(Cc2nnc(-c3ccc(F)cc3)s2)n1. The van der Waals surface area contributed by atoms with Crippen molar-refractivity contribution in [2.45, 2.75) is 13.5 Å². The van der Waals surface area contributed by atoms with Crippen LogP contribution in [0.1, 0.15) is 10.7 Å². The van der Waals surface area contributed by atoms with Crippen LogP contribution in [0.15, 0.2) is 69.9 Å². The van der Waals surface area contributed by atoms with E-state index in [1.54, 1.807) is 30.3 Å². The van der Waals surface area contributed by atoms with Gasteiger partial charge in [-0.3, -0.25) is 4.79 Å². The van der Waals surface area contributed by atoms with E-state index in [2.05, 4.69) is 20.3 Å². The summed E-state index contributed by atoms with van der Waals surface area (Å²) in [6, 6.07) is 16.2. The third kappa shape index (κ3) is 4.46. The van der Waals surface area contributed by atoms with Crippen LogP contribution in [0.4, 0.5) is 4.39 Å². The Kier molecular flexibility index (Phi) is 5.57. The molecule has 3 aromatic heterocycles. The van der Waals surface area contributed by atoms with Crippen molar-refractivity contribution in [3.63, 3.8) is 0 Å². The molecule has 164 valence electrons. The lowest BCUT2D eigenvalue weighted by Gasteiger charge is -2.04. The van der Waals surface area contributed by atoms with Crippen LogP contribution in [0.5, 0.6) is 0 Å². The molecule has 0 aliphatic carbocycles. The highest BCUT2D eigenvalue weighted by Gasteiger charge is 2.17. The Morgan fingerprint density at radius 2 is 1.88 bits per heavy atom. The van der Waals surface area contributed by atoms with E-state index in [1.165, 1.54) is 34.2 Å². The zero-order chi connectivity index (χ0) is 22.9. The molecule has 0 atom stereocenters. The van der Waals surface area contributed by atoms with E-state index in [1.807, 2.05) is 19.1 Å². The Hall–Kier alpha value is -3.69. The zero-order valence-corrected chi connectivity index (χ0v) is 18.8. The minimum Gasteiger partial charge on any atom is -0.434 e. The fraction of sp³-hybridized carbons (Fsp3) is 0.0870. The molecular weight excluding hydrogens is 465 g/mol. The topological polar surface area (TPSA) is 86.7 Å². The van der Waals surface area contributed by atoms with Gasteiger partial charge in [0.05, 0.1) is 12.2 Å². The quantitative estimate of drug-likeness (QED) is 0.343. The van der Waals surface area contributed by atoms with E-state index in [-0.39, 0.29) is 17.9 Å². The summed E-state index contributed by atoms with van der Waals surface area (Å²) in [7, 11) is 0. The zero-order valence-electron chi connectivity index (χ0n) is 17.2. The maximum Gasteiger partial charge on any atom is 0.267 e. The summed E-state index contributed by atoms with van der Waals surface area (Å²) in [5, 5.41) is 14.5. The van der Waals surface area contributed by atoms with Gasteiger partial charge in [-0.2, -0.15) is 5.10 Å². The minimum atomic E-state index is -0.322. The molecule has 0 spiro atoms. The average molecular weight is 480 g/mol. The van der Waals surface area contributed by atoms with Crippen molar-refractivity contribution in [1.29, 1.82) is 0 Å². The third-order valence-corrected chi connectivity index (χ3v) is 6.00. The summed E-state index contributed by atoms with van der Waals surface area (Å²) in [6.45, 7) is 1.95. The van der Waals surface area contributed by atoms with Crippen molar-refractivity contribution in [2.75, 3.05) is 0 Å². The fourth-order valence-electron chi connectivity index (χ4n) is 3.22. The van der Waals surface area contributed by atoms with Gasteiger partial charge in [0.15, 0.2) is 5.76 Å². The number of benzene rings is 2. The Bertz CT molecular complexity index is 1510. The summed E-state index contributed by atoms with van der Waals surface area (Å²) in [5.74, 6) is 0.554. The predicted octanol–water partition coefficient (Wildman–Crippen LogP) is 5.23. The first kappa shape index (κ1) is 21.2. The Morgan fingerprint density at radius 1 is 1.06 bits per heavy atom. The fourth-order valence-corrected chi connectivity index (χ4v) is 4.23. The number of aryl methyl sites for hydroxylation is 1. The number of rotatable bonds is 5. The van der Waals surface area contributed by atoms with Gasteiger partial charge in [0.25, 0.3) is 5.56 Å². The van der Waals surface area contributed by atoms with E-state index in [0.29, 0.717) is 38.1 Å². The molecule has 5 rings (SSSR count). The molecule has 3 heterocycles. The molecule has 0 radical (unpaired) electrons. The van der Waals surface area contributed by atoms with Crippen molar-refractivity contribution in [2.24, 2.45) is 0 Å². The first-order valence-electron chi connectivity index (χ1n) is 9.86. The molecule has 0 amide bonds.